The van der Waals surface area contributed by atoms with Gasteiger partial charge in [-0.2, -0.15) is 0 Å². The fourth-order valence-electron chi connectivity index (χ4n) is 1.81. The molecule has 0 bridgehead atoms. The molecule has 90 valence electrons. The molecule has 1 aromatic carbocycles. The van der Waals surface area contributed by atoms with Crippen LogP contribution in [0.2, 0.25) is 0 Å². The largest absolute Gasteiger partial charge is 0.397 e. The summed E-state index contributed by atoms with van der Waals surface area (Å²) >= 11 is 0. The first kappa shape index (κ1) is 12.8. The third kappa shape index (κ3) is 2.15. The van der Waals surface area contributed by atoms with Crippen molar-refractivity contribution >= 4 is 22.9 Å². The lowest BCUT2D eigenvalue weighted by molar-refractivity contribution is -0.385. The Kier molecular flexibility index (Phi) is 3.26. The van der Waals surface area contributed by atoms with Crippen molar-refractivity contribution in [2.24, 2.45) is 0 Å². The van der Waals surface area contributed by atoms with Gasteiger partial charge in [0.05, 0.1) is 10.6 Å². The second-order valence-electron chi connectivity index (χ2n) is 3.75. The molecule has 2 N–H and O–H groups in total. The summed E-state index contributed by atoms with van der Waals surface area (Å²) in [5.41, 5.74) is 5.56. The standard InChI is InChI=1S/C11H12N2O4/c1-5-4-8(13(16)17)10(7(3)15)11(12)9(5)6(2)14/h4H,12H2,1-3H3. The number of nitrogen functional groups attached to an aromatic ring is 1. The van der Waals surface area contributed by atoms with Crippen LogP contribution in [0.5, 0.6) is 0 Å². The number of nitro groups is 1. The minimum Gasteiger partial charge on any atom is -0.397 e. The molecule has 17 heavy (non-hydrogen) atoms. The quantitative estimate of drug-likeness (QED) is 0.373. The molecule has 1 rings (SSSR count). The van der Waals surface area contributed by atoms with Crippen LogP contribution in [0, 0.1) is 17.0 Å². The number of Topliss-reactive ketones (excluding diaryl/α,β-unsaturated/α-hetero) is 2. The fraction of sp³-hybridized carbons (Fsp3) is 0.273. The molecule has 0 unspecified atom stereocenters. The highest BCUT2D eigenvalue weighted by Crippen LogP contribution is 2.31. The van der Waals surface area contributed by atoms with Gasteiger partial charge in [0, 0.05) is 11.6 Å². The summed E-state index contributed by atoms with van der Waals surface area (Å²) < 4.78 is 0. The maximum atomic E-state index is 11.4. The number of aryl methyl sites for hydroxylation is 1. The molecule has 0 aromatic heterocycles. The van der Waals surface area contributed by atoms with E-state index in [4.69, 9.17) is 5.73 Å². The molecule has 0 aliphatic carbocycles. The Bertz CT molecular complexity index is 535. The van der Waals surface area contributed by atoms with E-state index in [0.717, 1.165) is 0 Å². The van der Waals surface area contributed by atoms with Crippen LogP contribution in [-0.4, -0.2) is 16.5 Å². The first-order chi connectivity index (χ1) is 7.77. The molecule has 0 saturated heterocycles. The Morgan fingerprint density at radius 2 is 1.71 bits per heavy atom. The summed E-state index contributed by atoms with van der Waals surface area (Å²) in [7, 11) is 0. The van der Waals surface area contributed by atoms with E-state index in [2.05, 4.69) is 0 Å². The molecule has 0 fully saturated rings. The van der Waals surface area contributed by atoms with Crippen molar-refractivity contribution in [3.63, 3.8) is 0 Å². The van der Waals surface area contributed by atoms with Gasteiger partial charge < -0.3 is 5.73 Å². The average Bonchev–Trinajstić information content (AvgIpc) is 2.14. The summed E-state index contributed by atoms with van der Waals surface area (Å²) in [5, 5.41) is 10.8. The number of hydrogen-bond donors (Lipinski definition) is 1. The van der Waals surface area contributed by atoms with Crippen molar-refractivity contribution in [1.29, 1.82) is 0 Å². The molecule has 0 saturated carbocycles. The summed E-state index contributed by atoms with van der Waals surface area (Å²) in [6, 6.07) is 1.20. The molecule has 0 atom stereocenters. The number of carbonyl (C=O) groups excluding carboxylic acids is 2. The van der Waals surface area contributed by atoms with E-state index in [1.54, 1.807) is 6.92 Å². The number of hydrogen-bond acceptors (Lipinski definition) is 5. The molecule has 0 heterocycles. The Morgan fingerprint density at radius 1 is 1.24 bits per heavy atom. The highest BCUT2D eigenvalue weighted by Gasteiger charge is 2.25. The van der Waals surface area contributed by atoms with Crippen molar-refractivity contribution in [1.82, 2.24) is 0 Å². The lowest BCUT2D eigenvalue weighted by atomic mass is 9.95. The first-order valence-corrected chi connectivity index (χ1v) is 4.86. The lowest BCUT2D eigenvalue weighted by Gasteiger charge is -2.10. The number of carbonyl (C=O) groups is 2. The van der Waals surface area contributed by atoms with E-state index in [9.17, 15) is 19.7 Å². The molecule has 0 amide bonds. The lowest BCUT2D eigenvalue weighted by Crippen LogP contribution is -2.11. The predicted octanol–water partition coefficient (Wildman–Crippen LogP) is 1.89. The second-order valence-corrected chi connectivity index (χ2v) is 3.75. The highest BCUT2D eigenvalue weighted by molar-refractivity contribution is 6.10. The molecular weight excluding hydrogens is 224 g/mol. The predicted molar refractivity (Wildman–Crippen MR) is 62.3 cm³/mol. The molecule has 0 aliphatic rings. The zero-order valence-electron chi connectivity index (χ0n) is 9.73. The van der Waals surface area contributed by atoms with Gasteiger partial charge in [-0.05, 0) is 26.3 Å². The Balaban J connectivity index is 3.76. The highest BCUT2D eigenvalue weighted by atomic mass is 16.6. The molecule has 6 nitrogen and oxygen atoms in total. The van der Waals surface area contributed by atoms with Crippen LogP contribution >= 0.6 is 0 Å². The number of rotatable bonds is 3. The van der Waals surface area contributed by atoms with Crippen LogP contribution in [0.4, 0.5) is 11.4 Å². The number of anilines is 1. The van der Waals surface area contributed by atoms with Gasteiger partial charge in [0.1, 0.15) is 5.56 Å². The van der Waals surface area contributed by atoms with Crippen LogP contribution in [-0.2, 0) is 0 Å². The van der Waals surface area contributed by atoms with Crippen LogP contribution in [0.3, 0.4) is 0 Å². The number of nitro benzene ring substituents is 1. The Hall–Kier alpha value is -2.24. The number of benzene rings is 1. The smallest absolute Gasteiger partial charge is 0.282 e. The van der Waals surface area contributed by atoms with Crippen molar-refractivity contribution in [2.45, 2.75) is 20.8 Å². The zero-order chi connectivity index (χ0) is 13.3. The molecular formula is C11H12N2O4. The van der Waals surface area contributed by atoms with E-state index in [0.29, 0.717) is 5.56 Å². The van der Waals surface area contributed by atoms with Gasteiger partial charge in [0.25, 0.3) is 5.69 Å². The van der Waals surface area contributed by atoms with E-state index in [1.807, 2.05) is 0 Å². The normalized spacial score (nSPS) is 10.1. The summed E-state index contributed by atoms with van der Waals surface area (Å²) in [6.07, 6.45) is 0. The SMILES string of the molecule is CC(=O)c1c(C)cc([N+](=O)[O-])c(C(C)=O)c1N. The van der Waals surface area contributed by atoms with Crippen molar-refractivity contribution < 1.29 is 14.5 Å². The first-order valence-electron chi connectivity index (χ1n) is 4.86. The van der Waals surface area contributed by atoms with Gasteiger partial charge in [0.15, 0.2) is 11.6 Å². The van der Waals surface area contributed by atoms with Gasteiger partial charge in [-0.15, -0.1) is 0 Å². The topological polar surface area (TPSA) is 103 Å². The summed E-state index contributed by atoms with van der Waals surface area (Å²) in [6.45, 7) is 4.02. The van der Waals surface area contributed by atoms with Crippen LogP contribution in [0.25, 0.3) is 0 Å². The van der Waals surface area contributed by atoms with Gasteiger partial charge >= 0.3 is 0 Å². The van der Waals surface area contributed by atoms with Crippen molar-refractivity contribution in [2.75, 3.05) is 5.73 Å². The second kappa shape index (κ2) is 4.32. The molecule has 0 aliphatic heterocycles. The Morgan fingerprint density at radius 3 is 2.06 bits per heavy atom. The van der Waals surface area contributed by atoms with Gasteiger partial charge in [-0.25, -0.2) is 0 Å². The van der Waals surface area contributed by atoms with Crippen LogP contribution in [0.15, 0.2) is 6.07 Å². The zero-order valence-corrected chi connectivity index (χ0v) is 9.73. The summed E-state index contributed by atoms with van der Waals surface area (Å²) in [5.74, 6) is -0.853. The fourth-order valence-corrected chi connectivity index (χ4v) is 1.81. The third-order valence-corrected chi connectivity index (χ3v) is 2.44. The van der Waals surface area contributed by atoms with Gasteiger partial charge in [0.2, 0.25) is 0 Å². The molecule has 6 heteroatoms. The number of nitrogens with zero attached hydrogens (tertiary/aromatic N) is 1. The van der Waals surface area contributed by atoms with Crippen LogP contribution in [0.1, 0.15) is 40.1 Å². The van der Waals surface area contributed by atoms with E-state index in [-0.39, 0.29) is 28.3 Å². The minimum atomic E-state index is -0.677. The van der Waals surface area contributed by atoms with E-state index < -0.39 is 10.7 Å². The van der Waals surface area contributed by atoms with Crippen molar-refractivity contribution in [3.8, 4) is 0 Å². The average molecular weight is 236 g/mol. The Labute approximate surface area is 97.6 Å². The molecule has 0 spiro atoms. The van der Waals surface area contributed by atoms with Gasteiger partial charge in [-0.3, -0.25) is 19.7 Å². The minimum absolute atomic E-state index is 0.114. The molecule has 1 aromatic rings. The van der Waals surface area contributed by atoms with E-state index >= 15 is 0 Å². The third-order valence-electron chi connectivity index (χ3n) is 2.44. The molecule has 0 radical (unpaired) electrons. The number of ketones is 2. The van der Waals surface area contributed by atoms with Crippen LogP contribution < -0.4 is 5.73 Å². The maximum absolute atomic E-state index is 11.4. The van der Waals surface area contributed by atoms with Crippen molar-refractivity contribution in [3.05, 3.63) is 32.9 Å². The summed E-state index contributed by atoms with van der Waals surface area (Å²) in [4.78, 5) is 32.9. The van der Waals surface area contributed by atoms with E-state index in [1.165, 1.54) is 19.9 Å². The maximum Gasteiger partial charge on any atom is 0.282 e. The monoisotopic (exact) mass is 236 g/mol. The van der Waals surface area contributed by atoms with Gasteiger partial charge in [-0.1, -0.05) is 0 Å². The number of nitrogens with two attached hydrogens (primary N) is 1.